The Morgan fingerprint density at radius 1 is 0.958 bits per heavy atom. The molecule has 1 amide bonds. The number of benzene rings is 2. The lowest BCUT2D eigenvalue weighted by molar-refractivity contribution is -0.108. The summed E-state index contributed by atoms with van der Waals surface area (Å²) >= 11 is 6.76. The Hall–Kier alpha value is -4.24. The third-order valence-corrected chi connectivity index (χ3v) is 7.15. The summed E-state index contributed by atoms with van der Waals surface area (Å²) in [6.45, 7) is 14.1. The van der Waals surface area contributed by atoms with Crippen LogP contribution in [0.3, 0.4) is 0 Å². The van der Waals surface area contributed by atoms with Crippen molar-refractivity contribution in [3.63, 3.8) is 0 Å². The van der Waals surface area contributed by atoms with Crippen LogP contribution in [0.4, 0.5) is 5.69 Å². The van der Waals surface area contributed by atoms with Crippen molar-refractivity contribution in [3.8, 4) is 11.1 Å². The van der Waals surface area contributed by atoms with Crippen LogP contribution in [0, 0.1) is 0 Å². The first-order valence-electron chi connectivity index (χ1n) is 16.5. The number of nitrogens with two attached hydrogens (primary N) is 1. The third-order valence-electron chi connectivity index (χ3n) is 6.84. The number of allylic oxidation sites excluding steroid dienone is 1. The number of carbonyl (C=O) groups is 2. The standard InChI is InChI=1S/C34H37ClN4O2.C2H7N.C2H6.CH5N/c1-5-8-25(9-6-2)26-10-13-30(14-11-26)39-34(38-23-41)29(21-36-4)18-24(7-3)32-15-12-27(20-33(32)35)28-16-17-37-31(19-28)22-40;1-3-2;2*1-2/h10-23,25H,4-9H2,1-3H3,(H,38,39,41);3H,1-2H3;1-2H3;2H2,1H3/b24-18+,29-21-;;;. The molecule has 1 aromatic heterocycles. The second kappa shape index (κ2) is 26.8. The first-order valence-corrected chi connectivity index (χ1v) is 16.9. The fourth-order valence-electron chi connectivity index (χ4n) is 4.83. The maximum atomic E-state index is 11.6. The molecule has 0 saturated heterocycles. The molecular weight excluding hydrogens is 620 g/mol. The van der Waals surface area contributed by atoms with E-state index in [1.54, 1.807) is 18.5 Å². The zero-order valence-corrected chi connectivity index (χ0v) is 30.8. The molecule has 0 aliphatic carbocycles. The Bertz CT molecular complexity index is 1460. The number of amidine groups is 1. The minimum atomic E-state index is 0.356. The van der Waals surface area contributed by atoms with E-state index in [-0.39, 0.29) is 0 Å². The van der Waals surface area contributed by atoms with Crippen LogP contribution < -0.4 is 16.4 Å². The molecule has 4 N–H and O–H groups in total. The number of nitrogens with one attached hydrogen (secondary N) is 2. The van der Waals surface area contributed by atoms with Gasteiger partial charge in [0.2, 0.25) is 6.41 Å². The molecule has 0 atom stereocenters. The van der Waals surface area contributed by atoms with Crippen molar-refractivity contribution in [1.82, 2.24) is 15.6 Å². The fourth-order valence-corrected chi connectivity index (χ4v) is 5.13. The predicted octanol–water partition coefficient (Wildman–Crippen LogP) is 9.19. The second-order valence-corrected chi connectivity index (χ2v) is 10.6. The van der Waals surface area contributed by atoms with Crippen LogP contribution in [0.5, 0.6) is 0 Å². The van der Waals surface area contributed by atoms with Crippen LogP contribution in [0.25, 0.3) is 16.7 Å². The van der Waals surface area contributed by atoms with E-state index in [1.165, 1.54) is 12.6 Å². The van der Waals surface area contributed by atoms with Crippen molar-refractivity contribution >= 4 is 48.1 Å². The van der Waals surface area contributed by atoms with E-state index in [2.05, 4.69) is 59.0 Å². The van der Waals surface area contributed by atoms with Crippen LogP contribution in [0.1, 0.15) is 94.3 Å². The predicted molar refractivity (Wildman–Crippen MR) is 208 cm³/mol. The normalized spacial score (nSPS) is 11.2. The van der Waals surface area contributed by atoms with Crippen molar-refractivity contribution in [2.45, 2.75) is 72.6 Å². The van der Waals surface area contributed by atoms with Gasteiger partial charge in [-0.3, -0.25) is 19.6 Å². The molecule has 3 rings (SSSR count). The van der Waals surface area contributed by atoms with E-state index in [0.717, 1.165) is 59.9 Å². The molecule has 1 heterocycles. The van der Waals surface area contributed by atoms with Crippen molar-refractivity contribution in [2.24, 2.45) is 15.7 Å². The molecule has 260 valence electrons. The zero-order valence-electron chi connectivity index (χ0n) is 30.0. The lowest BCUT2D eigenvalue weighted by atomic mass is 9.90. The molecule has 0 saturated carbocycles. The summed E-state index contributed by atoms with van der Waals surface area (Å²) in [5.74, 6) is 0.892. The van der Waals surface area contributed by atoms with E-state index < -0.39 is 0 Å². The molecule has 0 radical (unpaired) electrons. The maximum Gasteiger partial charge on any atom is 0.212 e. The number of aromatic nitrogens is 1. The summed E-state index contributed by atoms with van der Waals surface area (Å²) in [5, 5.41) is 6.04. The van der Waals surface area contributed by atoms with E-state index in [9.17, 15) is 9.59 Å². The van der Waals surface area contributed by atoms with Crippen molar-refractivity contribution in [1.29, 1.82) is 0 Å². The van der Waals surface area contributed by atoms with Gasteiger partial charge in [-0.25, -0.2) is 4.99 Å². The van der Waals surface area contributed by atoms with Gasteiger partial charge in [0.1, 0.15) is 11.5 Å². The summed E-state index contributed by atoms with van der Waals surface area (Å²) in [4.78, 5) is 35.5. The minimum Gasteiger partial charge on any atom is -0.333 e. The first-order chi connectivity index (χ1) is 23.4. The van der Waals surface area contributed by atoms with Gasteiger partial charge in [0.15, 0.2) is 6.29 Å². The lowest BCUT2D eigenvalue weighted by Crippen LogP contribution is -2.23. The molecule has 3 aromatic rings. The average molecular weight is 675 g/mol. The third kappa shape index (κ3) is 14.7. The number of nitrogens with zero attached hydrogens (tertiary/aromatic N) is 3. The van der Waals surface area contributed by atoms with Gasteiger partial charge in [0, 0.05) is 23.0 Å². The molecule has 2 aromatic carbocycles. The average Bonchev–Trinajstić information content (AvgIpc) is 3.12. The summed E-state index contributed by atoms with van der Waals surface area (Å²) < 4.78 is 0. The SMILES string of the molecule is C=N/C=C(/C=C(\CC)c1ccc(-c2ccnc(C=O)c2)cc1Cl)C(=Nc1ccc(C(CCC)CCC)cc1)NC=O.CC.CN.CNC. The Labute approximate surface area is 293 Å². The summed E-state index contributed by atoms with van der Waals surface area (Å²) in [6, 6.07) is 17.5. The minimum absolute atomic E-state index is 0.356. The molecule has 0 aliphatic heterocycles. The molecule has 48 heavy (non-hydrogen) atoms. The van der Waals surface area contributed by atoms with Gasteiger partial charge in [-0.15, -0.1) is 0 Å². The molecule has 0 spiro atoms. The van der Waals surface area contributed by atoms with Gasteiger partial charge in [0.05, 0.1) is 5.69 Å². The van der Waals surface area contributed by atoms with Gasteiger partial charge >= 0.3 is 0 Å². The number of amides is 1. The Morgan fingerprint density at radius 3 is 2.06 bits per heavy atom. The Morgan fingerprint density at radius 2 is 1.56 bits per heavy atom. The smallest absolute Gasteiger partial charge is 0.212 e. The van der Waals surface area contributed by atoms with Crippen LogP contribution in [-0.2, 0) is 4.79 Å². The maximum absolute atomic E-state index is 11.6. The number of hydrogen-bond acceptors (Lipinski definition) is 7. The zero-order chi connectivity index (χ0) is 36.3. The molecule has 0 fully saturated rings. The van der Waals surface area contributed by atoms with Gasteiger partial charge < -0.3 is 16.4 Å². The number of aliphatic imine (C=N–C) groups is 2. The largest absolute Gasteiger partial charge is 0.333 e. The number of rotatable bonds is 14. The second-order valence-electron chi connectivity index (χ2n) is 10.2. The van der Waals surface area contributed by atoms with Crippen molar-refractivity contribution < 1.29 is 9.59 Å². The van der Waals surface area contributed by atoms with E-state index in [0.29, 0.717) is 40.9 Å². The number of hydrogen-bond donors (Lipinski definition) is 3. The van der Waals surface area contributed by atoms with E-state index in [4.69, 9.17) is 16.6 Å². The molecule has 8 nitrogen and oxygen atoms in total. The molecule has 0 unspecified atom stereocenters. The van der Waals surface area contributed by atoms with Crippen LogP contribution in [-0.4, -0.2) is 51.4 Å². The highest BCUT2D eigenvalue weighted by Gasteiger charge is 2.13. The van der Waals surface area contributed by atoms with Crippen molar-refractivity contribution in [2.75, 3.05) is 21.1 Å². The highest BCUT2D eigenvalue weighted by molar-refractivity contribution is 6.32. The van der Waals surface area contributed by atoms with Gasteiger partial charge in [0.25, 0.3) is 0 Å². The quantitative estimate of drug-likeness (QED) is 0.0681. The topological polar surface area (TPSA) is 122 Å². The summed E-state index contributed by atoms with van der Waals surface area (Å²) in [6.07, 6.45) is 11.7. The fraction of sp³-hybridized carbons (Fsp3) is 0.359. The lowest BCUT2D eigenvalue weighted by Gasteiger charge is -2.16. The van der Waals surface area contributed by atoms with E-state index >= 15 is 0 Å². The van der Waals surface area contributed by atoms with Crippen molar-refractivity contribution in [3.05, 3.63) is 100 Å². The molecular formula is C39H55ClN6O2. The number of carbonyl (C=O) groups excluding carboxylic acids is 2. The monoisotopic (exact) mass is 674 g/mol. The number of pyridine rings is 1. The molecule has 0 bridgehead atoms. The van der Waals surface area contributed by atoms with Gasteiger partial charge in [-0.05, 0) is 117 Å². The highest BCUT2D eigenvalue weighted by Crippen LogP contribution is 2.32. The van der Waals surface area contributed by atoms with Crippen LogP contribution in [0.2, 0.25) is 5.02 Å². The number of halogens is 1. The van der Waals surface area contributed by atoms with Gasteiger partial charge in [-0.2, -0.15) is 0 Å². The summed E-state index contributed by atoms with van der Waals surface area (Å²) in [7, 11) is 5.25. The molecule has 0 aliphatic rings. The highest BCUT2D eigenvalue weighted by atomic mass is 35.5. The van der Waals surface area contributed by atoms with Crippen LogP contribution >= 0.6 is 11.6 Å². The molecule has 9 heteroatoms. The van der Waals surface area contributed by atoms with Gasteiger partial charge in [-0.1, -0.05) is 83.3 Å². The Kier molecular flexibility index (Phi) is 24.4. The first kappa shape index (κ1) is 43.8. The summed E-state index contributed by atoms with van der Waals surface area (Å²) in [5.41, 5.74) is 11.0. The van der Waals surface area contributed by atoms with E-state index in [1.807, 2.05) is 77.3 Å². The Balaban J connectivity index is 0.00000293. The van der Waals surface area contributed by atoms with Crippen LogP contribution in [0.15, 0.2) is 88.6 Å². The number of aldehydes is 1.